The van der Waals surface area contributed by atoms with Crippen LogP contribution >= 0.6 is 0 Å². The van der Waals surface area contributed by atoms with E-state index in [0.29, 0.717) is 12.8 Å². The zero-order chi connectivity index (χ0) is 11.7. The Balaban J connectivity index is 3.60. The number of aliphatic carboxylic acids is 1. The molecule has 0 heterocycles. The smallest absolute Gasteiger partial charge is 0.306 e. The van der Waals surface area contributed by atoms with Crippen molar-refractivity contribution >= 4 is 5.97 Å². The van der Waals surface area contributed by atoms with Crippen LogP contribution in [-0.4, -0.2) is 11.1 Å². The zero-order valence-corrected chi connectivity index (χ0v) is 9.83. The van der Waals surface area contributed by atoms with Gasteiger partial charge >= 0.3 is 5.97 Å². The topological polar surface area (TPSA) is 37.3 Å². The molecule has 15 heavy (non-hydrogen) atoms. The Kier molecular flexibility index (Phi) is 7.69. The van der Waals surface area contributed by atoms with Crippen LogP contribution in [0.5, 0.6) is 0 Å². The first kappa shape index (κ1) is 13.9. The summed E-state index contributed by atoms with van der Waals surface area (Å²) in [6.07, 6.45) is 8.60. The van der Waals surface area contributed by atoms with Crippen LogP contribution in [-0.2, 0) is 4.79 Å². The molecule has 1 atom stereocenters. The molecule has 0 saturated carbocycles. The van der Waals surface area contributed by atoms with Gasteiger partial charge in [-0.15, -0.1) is 6.58 Å². The minimum atomic E-state index is -0.691. The Morgan fingerprint density at radius 2 is 2.13 bits per heavy atom. The molecule has 0 aromatic rings. The van der Waals surface area contributed by atoms with E-state index in [2.05, 4.69) is 12.7 Å². The van der Waals surface area contributed by atoms with Crippen LogP contribution in [0.25, 0.3) is 0 Å². The van der Waals surface area contributed by atoms with Crippen molar-refractivity contribution in [3.63, 3.8) is 0 Å². The number of hydrogen-bond donors (Lipinski definition) is 1. The zero-order valence-electron chi connectivity index (χ0n) is 9.83. The van der Waals surface area contributed by atoms with Gasteiger partial charge in [0.1, 0.15) is 0 Å². The van der Waals surface area contributed by atoms with E-state index in [1.54, 1.807) is 0 Å². The van der Waals surface area contributed by atoms with Crippen molar-refractivity contribution in [2.24, 2.45) is 5.92 Å². The Morgan fingerprint density at radius 1 is 1.47 bits per heavy atom. The number of carboxylic acids is 1. The molecule has 0 fully saturated rings. The van der Waals surface area contributed by atoms with Crippen molar-refractivity contribution < 1.29 is 9.90 Å². The first-order chi connectivity index (χ1) is 7.07. The first-order valence-corrected chi connectivity index (χ1v) is 5.60. The summed E-state index contributed by atoms with van der Waals surface area (Å²) >= 11 is 0. The number of unbranched alkanes of at least 4 members (excludes halogenated alkanes) is 1. The lowest BCUT2D eigenvalue weighted by molar-refractivity contribution is -0.141. The SMILES string of the molecule is C=C(C)CCCC=CCC(CC)C(=O)O. The Hall–Kier alpha value is -1.05. The monoisotopic (exact) mass is 210 g/mol. The molecule has 0 amide bonds. The summed E-state index contributed by atoms with van der Waals surface area (Å²) in [6, 6.07) is 0. The molecular weight excluding hydrogens is 188 g/mol. The van der Waals surface area contributed by atoms with Crippen molar-refractivity contribution in [3.8, 4) is 0 Å². The maximum absolute atomic E-state index is 10.7. The second kappa shape index (κ2) is 8.27. The summed E-state index contributed by atoms with van der Waals surface area (Å²) in [5, 5.41) is 8.80. The minimum absolute atomic E-state index is 0.220. The number of carbonyl (C=O) groups is 1. The molecule has 0 aromatic heterocycles. The Bertz CT molecular complexity index is 229. The van der Waals surface area contributed by atoms with Gasteiger partial charge in [-0.2, -0.15) is 0 Å². The molecule has 0 aromatic carbocycles. The van der Waals surface area contributed by atoms with E-state index in [4.69, 9.17) is 5.11 Å². The van der Waals surface area contributed by atoms with E-state index in [1.807, 2.05) is 19.9 Å². The minimum Gasteiger partial charge on any atom is -0.481 e. The van der Waals surface area contributed by atoms with Crippen LogP contribution in [0.1, 0.15) is 46.0 Å². The summed E-state index contributed by atoms with van der Waals surface area (Å²) in [4.78, 5) is 10.7. The summed E-state index contributed by atoms with van der Waals surface area (Å²) in [5.74, 6) is -0.911. The third kappa shape index (κ3) is 7.98. The van der Waals surface area contributed by atoms with Gasteiger partial charge in [0.15, 0.2) is 0 Å². The molecule has 2 heteroatoms. The summed E-state index contributed by atoms with van der Waals surface area (Å²) < 4.78 is 0. The van der Waals surface area contributed by atoms with Crippen molar-refractivity contribution in [2.75, 3.05) is 0 Å². The molecule has 86 valence electrons. The van der Waals surface area contributed by atoms with E-state index in [9.17, 15) is 4.79 Å². The third-order valence-corrected chi connectivity index (χ3v) is 2.40. The van der Waals surface area contributed by atoms with E-state index in [0.717, 1.165) is 19.3 Å². The maximum atomic E-state index is 10.7. The Morgan fingerprint density at radius 3 is 2.60 bits per heavy atom. The molecule has 0 spiro atoms. The lowest BCUT2D eigenvalue weighted by Crippen LogP contribution is -2.11. The average Bonchev–Trinajstić information content (AvgIpc) is 2.15. The lowest BCUT2D eigenvalue weighted by Gasteiger charge is -2.04. The van der Waals surface area contributed by atoms with Crippen LogP contribution in [0, 0.1) is 5.92 Å². The van der Waals surface area contributed by atoms with Gasteiger partial charge in [0.05, 0.1) is 5.92 Å². The van der Waals surface area contributed by atoms with Gasteiger partial charge in [-0.05, 0) is 39.0 Å². The standard InChI is InChI=1S/C13H22O2/c1-4-12(13(14)15)10-8-6-5-7-9-11(2)3/h6,8,12H,2,4-5,7,9-10H2,1,3H3,(H,14,15). The molecule has 0 saturated heterocycles. The highest BCUT2D eigenvalue weighted by molar-refractivity contribution is 5.70. The number of allylic oxidation sites excluding steroid dienone is 3. The quantitative estimate of drug-likeness (QED) is 0.489. The van der Waals surface area contributed by atoms with E-state index < -0.39 is 5.97 Å². The van der Waals surface area contributed by atoms with Crippen LogP contribution in [0.15, 0.2) is 24.3 Å². The summed E-state index contributed by atoms with van der Waals surface area (Å²) in [6.45, 7) is 7.78. The van der Waals surface area contributed by atoms with Crippen molar-refractivity contribution in [1.29, 1.82) is 0 Å². The molecular formula is C13H22O2. The summed E-state index contributed by atoms with van der Waals surface area (Å²) in [7, 11) is 0. The number of carboxylic acid groups (broad SMARTS) is 1. The first-order valence-electron chi connectivity index (χ1n) is 5.60. The molecule has 0 aliphatic rings. The highest BCUT2D eigenvalue weighted by atomic mass is 16.4. The third-order valence-electron chi connectivity index (χ3n) is 2.40. The maximum Gasteiger partial charge on any atom is 0.306 e. The van der Waals surface area contributed by atoms with Crippen LogP contribution in [0.3, 0.4) is 0 Å². The van der Waals surface area contributed by atoms with Gasteiger partial charge in [-0.1, -0.05) is 24.6 Å². The second-order valence-electron chi connectivity index (χ2n) is 4.00. The molecule has 0 aliphatic carbocycles. The molecule has 0 radical (unpaired) electrons. The average molecular weight is 210 g/mol. The highest BCUT2D eigenvalue weighted by Gasteiger charge is 2.11. The van der Waals surface area contributed by atoms with E-state index in [-0.39, 0.29) is 5.92 Å². The number of hydrogen-bond acceptors (Lipinski definition) is 1. The highest BCUT2D eigenvalue weighted by Crippen LogP contribution is 2.10. The van der Waals surface area contributed by atoms with E-state index >= 15 is 0 Å². The van der Waals surface area contributed by atoms with Crippen molar-refractivity contribution in [2.45, 2.75) is 46.0 Å². The number of rotatable bonds is 8. The van der Waals surface area contributed by atoms with Crippen LogP contribution < -0.4 is 0 Å². The van der Waals surface area contributed by atoms with Gasteiger partial charge in [-0.3, -0.25) is 4.79 Å². The molecule has 1 N–H and O–H groups in total. The van der Waals surface area contributed by atoms with Crippen molar-refractivity contribution in [3.05, 3.63) is 24.3 Å². The fourth-order valence-electron chi connectivity index (χ4n) is 1.34. The van der Waals surface area contributed by atoms with Gasteiger partial charge < -0.3 is 5.11 Å². The lowest BCUT2D eigenvalue weighted by atomic mass is 10.0. The fraction of sp³-hybridized carbons (Fsp3) is 0.615. The largest absolute Gasteiger partial charge is 0.481 e. The fourth-order valence-corrected chi connectivity index (χ4v) is 1.34. The van der Waals surface area contributed by atoms with Crippen LogP contribution in [0.4, 0.5) is 0 Å². The second-order valence-corrected chi connectivity index (χ2v) is 4.00. The van der Waals surface area contributed by atoms with Crippen molar-refractivity contribution in [1.82, 2.24) is 0 Å². The molecule has 0 aliphatic heterocycles. The van der Waals surface area contributed by atoms with E-state index in [1.165, 1.54) is 5.57 Å². The van der Waals surface area contributed by atoms with Gasteiger partial charge in [-0.25, -0.2) is 0 Å². The molecule has 0 rings (SSSR count). The van der Waals surface area contributed by atoms with Gasteiger partial charge in [0.2, 0.25) is 0 Å². The molecule has 2 nitrogen and oxygen atoms in total. The Labute approximate surface area is 92.7 Å². The normalized spacial score (nSPS) is 12.9. The predicted molar refractivity (Wildman–Crippen MR) is 63.8 cm³/mol. The van der Waals surface area contributed by atoms with Gasteiger partial charge in [0, 0.05) is 0 Å². The summed E-state index contributed by atoms with van der Waals surface area (Å²) in [5.41, 5.74) is 1.21. The van der Waals surface area contributed by atoms with Gasteiger partial charge in [0.25, 0.3) is 0 Å². The van der Waals surface area contributed by atoms with Crippen LogP contribution in [0.2, 0.25) is 0 Å². The molecule has 0 bridgehead atoms. The predicted octanol–water partition coefficient (Wildman–Crippen LogP) is 3.79. The molecule has 1 unspecified atom stereocenters.